The quantitative estimate of drug-likeness (QED) is 0.0712. The number of aryl methyl sites for hydroxylation is 2. The Morgan fingerprint density at radius 2 is 1.27 bits per heavy atom. The molecule has 0 saturated carbocycles. The molecule has 2 bridgehead atoms. The predicted molar refractivity (Wildman–Crippen MR) is 249 cm³/mol. The van der Waals surface area contributed by atoms with Crippen molar-refractivity contribution >= 4 is 11.8 Å². The zero-order valence-corrected chi connectivity index (χ0v) is 38.2. The molecule has 7 rings (SSSR count). The number of hydrogen-bond donors (Lipinski definition) is 3. The lowest BCUT2D eigenvalue weighted by molar-refractivity contribution is -0.346. The van der Waals surface area contributed by atoms with E-state index in [0.29, 0.717) is 45.6 Å². The molecule has 2 aliphatic heterocycles. The number of benzene rings is 5. The molecular formula is C54H65N3O7. The molecule has 2 amide bonds. The van der Waals surface area contributed by atoms with E-state index in [2.05, 4.69) is 103 Å². The van der Waals surface area contributed by atoms with Crippen LogP contribution in [0.15, 0.2) is 133 Å². The molecule has 5 atom stereocenters. The molecule has 2 saturated heterocycles. The van der Waals surface area contributed by atoms with E-state index < -0.39 is 40.8 Å². The van der Waals surface area contributed by atoms with E-state index in [0.717, 1.165) is 50.9 Å². The molecule has 0 aromatic heterocycles. The van der Waals surface area contributed by atoms with Gasteiger partial charge in [0.1, 0.15) is 29.5 Å². The first-order chi connectivity index (χ1) is 30.6. The van der Waals surface area contributed by atoms with Gasteiger partial charge in [0.2, 0.25) is 17.6 Å². The Balaban J connectivity index is 1.09. The molecule has 10 heteroatoms. The lowest BCUT2D eigenvalue weighted by atomic mass is 9.83. The maximum atomic E-state index is 12.8. The number of carbonyl (C=O) groups excluding carboxylic acids is 2. The van der Waals surface area contributed by atoms with Gasteiger partial charge in [-0.25, -0.2) is 0 Å². The van der Waals surface area contributed by atoms with Gasteiger partial charge < -0.3 is 40.1 Å². The van der Waals surface area contributed by atoms with Crippen LogP contribution in [0, 0.1) is 6.92 Å². The number of hydrogen-bond acceptors (Lipinski definition) is 8. The van der Waals surface area contributed by atoms with Crippen LogP contribution in [0.2, 0.25) is 0 Å². The summed E-state index contributed by atoms with van der Waals surface area (Å²) in [4.78, 5) is 25.5. The number of fused-ring (bicyclic) bond motifs is 2. The molecule has 2 aliphatic rings. The van der Waals surface area contributed by atoms with Crippen molar-refractivity contribution in [3.8, 4) is 0 Å². The minimum Gasteiger partial charge on any atom is -0.368 e. The number of ether oxygens (including phenoxy) is 5. The highest BCUT2D eigenvalue weighted by atomic mass is 16.8. The molecule has 2 fully saturated rings. The summed E-state index contributed by atoms with van der Waals surface area (Å²) >= 11 is 0. The van der Waals surface area contributed by atoms with E-state index in [1.54, 1.807) is 13.8 Å². The van der Waals surface area contributed by atoms with Gasteiger partial charge in [0.05, 0.1) is 26.4 Å². The summed E-state index contributed by atoms with van der Waals surface area (Å²) in [7, 11) is 0. The van der Waals surface area contributed by atoms with E-state index >= 15 is 0 Å². The second-order valence-corrected chi connectivity index (χ2v) is 18.9. The van der Waals surface area contributed by atoms with Gasteiger partial charge in [0.25, 0.3) is 0 Å². The van der Waals surface area contributed by atoms with Gasteiger partial charge in [-0.2, -0.15) is 0 Å². The number of carbonyl (C=O) groups is 2. The van der Waals surface area contributed by atoms with Gasteiger partial charge in [-0.05, 0) is 106 Å². The summed E-state index contributed by atoms with van der Waals surface area (Å²) in [6, 6.07) is 45.5. The molecule has 0 unspecified atom stereocenters. The summed E-state index contributed by atoms with van der Waals surface area (Å²) < 4.78 is 34.9. The van der Waals surface area contributed by atoms with Gasteiger partial charge in [-0.3, -0.25) is 9.59 Å². The molecule has 0 aliphatic carbocycles. The monoisotopic (exact) mass is 867 g/mol. The molecule has 10 nitrogen and oxygen atoms in total. The Labute approximate surface area is 379 Å². The summed E-state index contributed by atoms with van der Waals surface area (Å²) in [5, 5.41) is 5.71. The van der Waals surface area contributed by atoms with Gasteiger partial charge >= 0.3 is 0 Å². The van der Waals surface area contributed by atoms with Crippen molar-refractivity contribution in [1.82, 2.24) is 10.6 Å². The normalized spacial score (nSPS) is 22.0. The average Bonchev–Trinajstić information content (AvgIpc) is 3.60. The van der Waals surface area contributed by atoms with E-state index in [1.165, 1.54) is 0 Å². The lowest BCUT2D eigenvalue weighted by Gasteiger charge is -2.50. The van der Waals surface area contributed by atoms with E-state index in [1.807, 2.05) is 68.4 Å². The second kappa shape index (κ2) is 20.3. The largest absolute Gasteiger partial charge is 0.368 e. The fraction of sp³-hybridized carbons (Fsp3) is 0.407. The topological polar surface area (TPSA) is 130 Å². The molecule has 5 aromatic rings. The third kappa shape index (κ3) is 11.7. The first kappa shape index (κ1) is 46.8. The third-order valence-electron chi connectivity index (χ3n) is 12.1. The van der Waals surface area contributed by atoms with Crippen LogP contribution >= 0.6 is 0 Å². The third-order valence-corrected chi connectivity index (χ3v) is 12.1. The van der Waals surface area contributed by atoms with Gasteiger partial charge in [-0.1, -0.05) is 127 Å². The number of amides is 2. The molecule has 64 heavy (non-hydrogen) atoms. The molecular weight excluding hydrogens is 803 g/mol. The minimum atomic E-state index is -1.28. The smallest absolute Gasteiger partial charge is 0.245 e. The maximum Gasteiger partial charge on any atom is 0.245 e. The minimum absolute atomic E-state index is 0.163. The Hall–Kier alpha value is -5.20. The van der Waals surface area contributed by atoms with Crippen LogP contribution in [-0.2, 0) is 71.7 Å². The SMILES string of the molecule is Cc1ccc([C@]23OC[C@](C)(O2)[C@@H](OCc2ccccc2)[C@H](OCc2ccccc2)[C@H]3OCc2ccccc2)cc1Cc1ccc(CCCC(=O)NC(C)(C)C(=O)NCC(C)(C)N)cc1. The van der Waals surface area contributed by atoms with Crippen molar-refractivity contribution < 1.29 is 33.3 Å². The van der Waals surface area contributed by atoms with E-state index in [9.17, 15) is 9.59 Å². The van der Waals surface area contributed by atoms with Crippen molar-refractivity contribution in [2.45, 2.75) is 128 Å². The number of nitrogens with two attached hydrogens (primary N) is 1. The van der Waals surface area contributed by atoms with Crippen LogP contribution in [0.25, 0.3) is 0 Å². The first-order valence-corrected chi connectivity index (χ1v) is 22.5. The van der Waals surface area contributed by atoms with Crippen LogP contribution in [0.3, 0.4) is 0 Å². The molecule has 2 heterocycles. The maximum absolute atomic E-state index is 12.8. The molecule has 0 spiro atoms. The van der Waals surface area contributed by atoms with Gasteiger partial charge in [-0.15, -0.1) is 0 Å². The van der Waals surface area contributed by atoms with Crippen LogP contribution in [0.5, 0.6) is 0 Å². The van der Waals surface area contributed by atoms with Crippen molar-refractivity contribution in [2.75, 3.05) is 13.2 Å². The highest BCUT2D eigenvalue weighted by molar-refractivity contribution is 5.90. The van der Waals surface area contributed by atoms with Crippen molar-refractivity contribution in [3.63, 3.8) is 0 Å². The molecule has 4 N–H and O–H groups in total. The lowest BCUT2D eigenvalue weighted by Crippen LogP contribution is -2.65. The zero-order valence-electron chi connectivity index (χ0n) is 38.2. The van der Waals surface area contributed by atoms with Crippen molar-refractivity contribution in [2.24, 2.45) is 5.73 Å². The first-order valence-electron chi connectivity index (χ1n) is 22.5. The molecule has 0 radical (unpaired) electrons. The predicted octanol–water partition coefficient (Wildman–Crippen LogP) is 8.38. The summed E-state index contributed by atoms with van der Waals surface area (Å²) in [6.45, 7) is 12.9. The number of nitrogens with one attached hydrogen (secondary N) is 2. The van der Waals surface area contributed by atoms with Crippen molar-refractivity contribution in [1.29, 1.82) is 0 Å². The number of rotatable bonds is 20. The highest BCUT2D eigenvalue weighted by Crippen LogP contribution is 2.53. The van der Waals surface area contributed by atoms with Gasteiger partial charge in [0.15, 0.2) is 0 Å². The van der Waals surface area contributed by atoms with Crippen LogP contribution in [0.4, 0.5) is 0 Å². The Morgan fingerprint density at radius 1 is 0.719 bits per heavy atom. The van der Waals surface area contributed by atoms with Crippen LogP contribution in [0.1, 0.15) is 92.0 Å². The van der Waals surface area contributed by atoms with E-state index in [-0.39, 0.29) is 18.4 Å². The fourth-order valence-electron chi connectivity index (χ4n) is 8.48. The van der Waals surface area contributed by atoms with E-state index in [4.69, 9.17) is 29.4 Å². The summed E-state index contributed by atoms with van der Waals surface area (Å²) in [6.07, 6.45) is 0.627. The summed E-state index contributed by atoms with van der Waals surface area (Å²) in [5.41, 5.74) is 12.2. The summed E-state index contributed by atoms with van der Waals surface area (Å²) in [5.74, 6) is -1.71. The zero-order chi connectivity index (χ0) is 45.4. The van der Waals surface area contributed by atoms with Crippen molar-refractivity contribution in [3.05, 3.63) is 178 Å². The second-order valence-electron chi connectivity index (χ2n) is 18.9. The Kier molecular flexibility index (Phi) is 14.9. The Bertz CT molecular complexity index is 2300. The molecule has 5 aromatic carbocycles. The Morgan fingerprint density at radius 3 is 1.84 bits per heavy atom. The standard InChI is InChI=1S/C54H65N3O7/c1-38-25-30-45(32-44(38)31-40-28-26-39(27-29-40)23-16-24-46(58)57-52(4,5)50(59)56-36-51(2,3)55)54-49(62-35-43-21-14-9-15-22-43)47(60-33-41-17-10-7-11-18-41)48(53(6,64-54)37-63-54)61-34-42-19-12-8-13-20-42/h7-15,17-22,25-30,32,47-49H,16,23-24,31,33-37,55H2,1-6H3,(H,56,59)(H,57,58)/t47-,48-,49+,53-,54-/m0/s1. The highest BCUT2D eigenvalue weighted by Gasteiger charge is 2.67. The fourth-order valence-corrected chi connectivity index (χ4v) is 8.48. The van der Waals surface area contributed by atoms with Gasteiger partial charge in [0, 0.05) is 24.1 Å². The van der Waals surface area contributed by atoms with Crippen LogP contribution < -0.4 is 16.4 Å². The molecule has 338 valence electrons. The average molecular weight is 868 g/mol. The van der Waals surface area contributed by atoms with Crippen LogP contribution in [-0.4, -0.2) is 60.0 Å².